The fourth-order valence-corrected chi connectivity index (χ4v) is 0.726. The number of rotatable bonds is 1. The zero-order chi connectivity index (χ0) is 8.43. The lowest BCUT2D eigenvalue weighted by Gasteiger charge is -1.92. The van der Waals surface area contributed by atoms with Gasteiger partial charge in [-0.1, -0.05) is 0 Å². The highest BCUT2D eigenvalue weighted by molar-refractivity contribution is 5.86. The lowest BCUT2D eigenvalue weighted by molar-refractivity contribution is -0.677. The number of hydrogen-bond donors (Lipinski definition) is 2. The number of hydrogen-bond acceptors (Lipinski definition) is 2. The lowest BCUT2D eigenvalue weighted by Crippen LogP contribution is -2.28. The molecule has 58 valence electrons. The van der Waals surface area contributed by atoms with Crippen molar-refractivity contribution in [1.29, 1.82) is 0 Å². The number of pyridine rings is 1. The number of aromatic carboxylic acids is 1. The van der Waals surface area contributed by atoms with Crippen LogP contribution in [-0.4, -0.2) is 16.2 Å². The highest BCUT2D eigenvalue weighted by Crippen LogP contribution is 2.01. The first kappa shape index (κ1) is 7.53. The molecule has 0 amide bonds. The van der Waals surface area contributed by atoms with Crippen molar-refractivity contribution in [2.75, 3.05) is 0 Å². The predicted molar refractivity (Wildman–Crippen MR) is 36.2 cm³/mol. The first-order valence-corrected chi connectivity index (χ1v) is 3.03. The summed E-state index contributed by atoms with van der Waals surface area (Å²) in [4.78, 5) is 10.4. The summed E-state index contributed by atoms with van der Waals surface area (Å²) in [6, 6.07) is 2.68. The number of aromatic nitrogens is 1. The van der Waals surface area contributed by atoms with Crippen LogP contribution >= 0.6 is 0 Å². The van der Waals surface area contributed by atoms with Gasteiger partial charge in [-0.05, 0) is 6.07 Å². The first-order chi connectivity index (χ1) is 5.11. The van der Waals surface area contributed by atoms with E-state index in [1.54, 1.807) is 7.05 Å². The number of carboxylic acid groups (broad SMARTS) is 1. The van der Waals surface area contributed by atoms with Gasteiger partial charge in [0.15, 0.2) is 6.20 Å². The van der Waals surface area contributed by atoms with Crippen LogP contribution in [0.4, 0.5) is 0 Å². The van der Waals surface area contributed by atoms with Crippen molar-refractivity contribution >= 4 is 5.97 Å². The van der Waals surface area contributed by atoms with Gasteiger partial charge in [-0.2, -0.15) is 4.57 Å². The van der Waals surface area contributed by atoms with Gasteiger partial charge in [-0.15, -0.1) is 0 Å². The monoisotopic (exact) mass is 154 g/mol. The fraction of sp³-hybridized carbons (Fsp3) is 0.143. The molecule has 0 fully saturated rings. The zero-order valence-corrected chi connectivity index (χ0v) is 5.98. The molecule has 11 heavy (non-hydrogen) atoms. The molecule has 0 aliphatic heterocycles. The van der Waals surface area contributed by atoms with Crippen LogP contribution < -0.4 is 4.57 Å². The van der Waals surface area contributed by atoms with Gasteiger partial charge in [0.05, 0.1) is 6.07 Å². The van der Waals surface area contributed by atoms with Gasteiger partial charge in [0.2, 0.25) is 0 Å². The van der Waals surface area contributed by atoms with Crippen molar-refractivity contribution in [3.8, 4) is 5.88 Å². The molecular formula is C7H8NO3+. The van der Waals surface area contributed by atoms with E-state index in [2.05, 4.69) is 0 Å². The molecule has 0 aliphatic rings. The fourth-order valence-electron chi connectivity index (χ4n) is 0.726. The van der Waals surface area contributed by atoms with Gasteiger partial charge < -0.3 is 10.2 Å². The van der Waals surface area contributed by atoms with Gasteiger partial charge >= 0.3 is 11.8 Å². The van der Waals surface area contributed by atoms with Gasteiger partial charge in [-0.3, -0.25) is 0 Å². The molecule has 2 N–H and O–H groups in total. The molecule has 1 aromatic rings. The Bertz CT molecular complexity index is 296. The molecule has 0 aromatic carbocycles. The summed E-state index contributed by atoms with van der Waals surface area (Å²) in [5.74, 6) is -0.962. The minimum atomic E-state index is -0.999. The molecule has 0 saturated carbocycles. The van der Waals surface area contributed by atoms with E-state index >= 15 is 0 Å². The topological polar surface area (TPSA) is 61.4 Å². The van der Waals surface area contributed by atoms with Gasteiger partial charge in [-0.25, -0.2) is 4.79 Å². The first-order valence-electron chi connectivity index (χ1n) is 3.03. The van der Waals surface area contributed by atoms with Crippen LogP contribution in [0.2, 0.25) is 0 Å². The molecule has 1 rings (SSSR count). The third kappa shape index (κ3) is 1.46. The van der Waals surface area contributed by atoms with Crippen LogP contribution in [0.5, 0.6) is 5.88 Å². The molecule has 1 heterocycles. The molecule has 0 atom stereocenters. The average molecular weight is 154 g/mol. The summed E-state index contributed by atoms with van der Waals surface area (Å²) in [7, 11) is 1.57. The van der Waals surface area contributed by atoms with E-state index in [0.29, 0.717) is 0 Å². The minimum absolute atomic E-state index is 0.0370. The quantitative estimate of drug-likeness (QED) is 0.556. The average Bonchev–Trinajstić information content (AvgIpc) is 1.94. The molecule has 0 bridgehead atoms. The van der Waals surface area contributed by atoms with E-state index in [0.717, 1.165) is 0 Å². The van der Waals surface area contributed by atoms with Crippen molar-refractivity contribution in [2.24, 2.45) is 7.05 Å². The SMILES string of the molecule is C[n+]1cc(C(=O)O)ccc1O. The summed E-state index contributed by atoms with van der Waals surface area (Å²) in [6.07, 6.45) is 1.34. The van der Waals surface area contributed by atoms with Crippen LogP contribution in [0.1, 0.15) is 10.4 Å². The Morgan fingerprint density at radius 2 is 2.18 bits per heavy atom. The highest BCUT2D eigenvalue weighted by atomic mass is 16.4. The second kappa shape index (κ2) is 2.57. The molecule has 0 unspecified atom stereocenters. The maximum Gasteiger partial charge on any atom is 0.365 e. The van der Waals surface area contributed by atoms with Gasteiger partial charge in [0.25, 0.3) is 0 Å². The molecule has 4 nitrogen and oxygen atoms in total. The van der Waals surface area contributed by atoms with Crippen LogP contribution in [0.3, 0.4) is 0 Å². The van der Waals surface area contributed by atoms with Crippen molar-refractivity contribution in [2.45, 2.75) is 0 Å². The third-order valence-electron chi connectivity index (χ3n) is 1.35. The number of carboxylic acids is 1. The van der Waals surface area contributed by atoms with Crippen LogP contribution in [0, 0.1) is 0 Å². The summed E-state index contributed by atoms with van der Waals surface area (Å²) in [5.41, 5.74) is 0.158. The van der Waals surface area contributed by atoms with E-state index < -0.39 is 5.97 Å². The van der Waals surface area contributed by atoms with E-state index in [9.17, 15) is 4.79 Å². The van der Waals surface area contributed by atoms with Crippen LogP contribution in [-0.2, 0) is 7.05 Å². The number of carbonyl (C=O) groups is 1. The summed E-state index contributed by atoms with van der Waals surface area (Å²) >= 11 is 0. The second-order valence-corrected chi connectivity index (χ2v) is 2.19. The Morgan fingerprint density at radius 1 is 1.55 bits per heavy atom. The molecule has 0 saturated heterocycles. The normalized spacial score (nSPS) is 9.55. The van der Waals surface area contributed by atoms with E-state index in [1.165, 1.54) is 22.9 Å². The lowest BCUT2D eigenvalue weighted by atomic mass is 10.3. The molecule has 0 aliphatic carbocycles. The zero-order valence-electron chi connectivity index (χ0n) is 5.98. The molecule has 1 aromatic heterocycles. The van der Waals surface area contributed by atoms with Crippen molar-refractivity contribution < 1.29 is 19.6 Å². The Hall–Kier alpha value is -1.58. The summed E-state index contributed by atoms with van der Waals surface area (Å²) in [6.45, 7) is 0. The smallest absolute Gasteiger partial charge is 0.365 e. The van der Waals surface area contributed by atoms with Crippen molar-refractivity contribution in [3.63, 3.8) is 0 Å². The van der Waals surface area contributed by atoms with Crippen LogP contribution in [0.25, 0.3) is 0 Å². The Balaban J connectivity index is 3.15. The van der Waals surface area contributed by atoms with Gasteiger partial charge in [0, 0.05) is 0 Å². The van der Waals surface area contributed by atoms with Crippen LogP contribution in [0.15, 0.2) is 18.3 Å². The number of aromatic hydroxyl groups is 1. The molecule has 0 radical (unpaired) electrons. The maximum absolute atomic E-state index is 10.4. The summed E-state index contributed by atoms with van der Waals surface area (Å²) < 4.78 is 1.34. The van der Waals surface area contributed by atoms with Gasteiger partial charge in [0.1, 0.15) is 12.6 Å². The Kier molecular flexibility index (Phi) is 1.76. The van der Waals surface area contributed by atoms with E-state index in [4.69, 9.17) is 10.2 Å². The largest absolute Gasteiger partial charge is 0.477 e. The summed E-state index contributed by atoms with van der Waals surface area (Å²) in [5, 5.41) is 17.5. The maximum atomic E-state index is 10.4. The number of aryl methyl sites for hydroxylation is 1. The Labute approximate surface area is 63.3 Å². The number of nitrogens with zero attached hydrogens (tertiary/aromatic N) is 1. The van der Waals surface area contributed by atoms with Crippen molar-refractivity contribution in [1.82, 2.24) is 0 Å². The third-order valence-corrected chi connectivity index (χ3v) is 1.35. The molecule has 0 spiro atoms. The highest BCUT2D eigenvalue weighted by Gasteiger charge is 2.09. The molecule has 4 heteroatoms. The minimum Gasteiger partial charge on any atom is -0.477 e. The molecular weight excluding hydrogens is 146 g/mol. The predicted octanol–water partition coefficient (Wildman–Crippen LogP) is -0.0851. The second-order valence-electron chi connectivity index (χ2n) is 2.19. The standard InChI is InChI=1S/C7H7NO3/c1-8-4-5(7(10)11)2-3-6(8)9/h2-4H,1H3,(H,10,11)/p+1. The van der Waals surface area contributed by atoms with E-state index in [-0.39, 0.29) is 11.4 Å². The van der Waals surface area contributed by atoms with Crippen molar-refractivity contribution in [3.05, 3.63) is 23.9 Å². The van der Waals surface area contributed by atoms with E-state index in [1.807, 2.05) is 0 Å². The Morgan fingerprint density at radius 3 is 2.64 bits per heavy atom.